The summed E-state index contributed by atoms with van der Waals surface area (Å²) < 4.78 is 30.7. The molecule has 2 amide bonds. The number of halogens is 2. The number of nitrogens with one attached hydrogen (secondary N) is 1. The lowest BCUT2D eigenvalue weighted by molar-refractivity contribution is -0.140. The van der Waals surface area contributed by atoms with Crippen LogP contribution in [-0.2, 0) is 32.6 Å². The Hall–Kier alpha value is -3.47. The van der Waals surface area contributed by atoms with E-state index in [-0.39, 0.29) is 29.7 Å². The zero-order valence-electron chi connectivity index (χ0n) is 24.6. The highest BCUT2D eigenvalue weighted by atomic mass is 79.9. The molecular weight excluding hydrogens is 706 g/mol. The maximum atomic E-state index is 14.5. The smallest absolute Gasteiger partial charge is 0.264 e. The van der Waals surface area contributed by atoms with Gasteiger partial charge in [0.15, 0.2) is 0 Å². The first-order valence-electron chi connectivity index (χ1n) is 14.2. The molecule has 0 fully saturated rings. The molecule has 7 nitrogen and oxygen atoms in total. The summed E-state index contributed by atoms with van der Waals surface area (Å²) in [6, 6.07) is 30.9. The molecule has 44 heavy (non-hydrogen) atoms. The van der Waals surface area contributed by atoms with Gasteiger partial charge in [0, 0.05) is 28.5 Å². The average molecular weight is 742 g/mol. The van der Waals surface area contributed by atoms with E-state index in [0.29, 0.717) is 16.7 Å². The predicted molar refractivity (Wildman–Crippen MR) is 182 cm³/mol. The number of amides is 2. The Kier molecular flexibility index (Phi) is 11.8. The van der Waals surface area contributed by atoms with Gasteiger partial charge >= 0.3 is 0 Å². The van der Waals surface area contributed by atoms with Crippen LogP contribution in [0.5, 0.6) is 0 Å². The maximum Gasteiger partial charge on any atom is 0.264 e. The van der Waals surface area contributed by atoms with Crippen molar-refractivity contribution in [3.05, 3.63) is 129 Å². The van der Waals surface area contributed by atoms with Gasteiger partial charge in [0.25, 0.3) is 10.0 Å². The van der Waals surface area contributed by atoms with Crippen LogP contribution >= 0.6 is 31.9 Å². The van der Waals surface area contributed by atoms with Gasteiger partial charge in [-0.05, 0) is 59.5 Å². The lowest BCUT2D eigenvalue weighted by Gasteiger charge is -2.34. The number of sulfonamides is 1. The molecular formula is C34H35Br2N3O4S. The molecule has 4 rings (SSSR count). The van der Waals surface area contributed by atoms with Crippen LogP contribution in [0.1, 0.15) is 25.0 Å². The van der Waals surface area contributed by atoms with E-state index in [4.69, 9.17) is 0 Å². The monoisotopic (exact) mass is 739 g/mol. The zero-order chi connectivity index (χ0) is 31.7. The van der Waals surface area contributed by atoms with Crippen LogP contribution in [0.15, 0.2) is 123 Å². The van der Waals surface area contributed by atoms with Gasteiger partial charge in [0.1, 0.15) is 12.6 Å². The maximum absolute atomic E-state index is 14.5. The minimum atomic E-state index is -4.15. The second-order valence-electron chi connectivity index (χ2n) is 10.8. The van der Waals surface area contributed by atoms with E-state index >= 15 is 0 Å². The Bertz CT molecular complexity index is 1650. The minimum absolute atomic E-state index is 0.0581. The fourth-order valence-electron chi connectivity index (χ4n) is 4.64. The van der Waals surface area contributed by atoms with Gasteiger partial charge in [-0.3, -0.25) is 13.9 Å². The van der Waals surface area contributed by atoms with Crippen LogP contribution in [0.3, 0.4) is 0 Å². The highest BCUT2D eigenvalue weighted by Crippen LogP contribution is 2.27. The molecule has 1 atom stereocenters. The molecule has 0 aromatic heterocycles. The van der Waals surface area contributed by atoms with Gasteiger partial charge in [-0.15, -0.1) is 0 Å². The first-order valence-corrected chi connectivity index (χ1v) is 17.3. The normalized spacial score (nSPS) is 12.0. The van der Waals surface area contributed by atoms with E-state index in [2.05, 4.69) is 37.2 Å². The Balaban J connectivity index is 1.79. The van der Waals surface area contributed by atoms with Crippen LogP contribution in [0.25, 0.3) is 0 Å². The van der Waals surface area contributed by atoms with Crippen molar-refractivity contribution >= 4 is 59.4 Å². The van der Waals surface area contributed by atoms with E-state index in [1.807, 2.05) is 68.4 Å². The largest absolute Gasteiger partial charge is 0.354 e. The molecule has 0 unspecified atom stereocenters. The fourth-order valence-corrected chi connectivity index (χ4v) is 6.72. The molecule has 1 N–H and O–H groups in total. The minimum Gasteiger partial charge on any atom is -0.354 e. The van der Waals surface area contributed by atoms with E-state index < -0.39 is 28.5 Å². The van der Waals surface area contributed by atoms with Crippen molar-refractivity contribution in [1.82, 2.24) is 10.2 Å². The van der Waals surface area contributed by atoms with E-state index in [1.54, 1.807) is 42.5 Å². The number of hydrogen-bond acceptors (Lipinski definition) is 4. The van der Waals surface area contributed by atoms with Gasteiger partial charge in [0.05, 0.1) is 10.6 Å². The Morgan fingerprint density at radius 3 is 2.02 bits per heavy atom. The predicted octanol–water partition coefficient (Wildman–Crippen LogP) is 6.82. The number of nitrogens with zero attached hydrogens (tertiary/aromatic N) is 2. The molecule has 0 radical (unpaired) electrons. The van der Waals surface area contributed by atoms with Crippen LogP contribution in [-0.4, -0.2) is 44.3 Å². The molecule has 4 aromatic carbocycles. The molecule has 0 saturated carbocycles. The van der Waals surface area contributed by atoms with Crippen molar-refractivity contribution in [2.24, 2.45) is 5.92 Å². The molecule has 0 aliphatic carbocycles. The molecule has 0 aliphatic heterocycles. The molecule has 0 aliphatic rings. The first-order chi connectivity index (χ1) is 21.0. The topological polar surface area (TPSA) is 86.8 Å². The standard InChI is InChI=1S/C34H35Br2N3O4S/c1-25(2)22-37-34(41)32(20-26-10-5-3-6-11-26)38(23-27-16-18-28(35)19-17-27)33(40)24-39(30-13-9-12-29(36)21-30)44(42,43)31-14-7-4-8-15-31/h3-19,21,25,32H,20,22-24H2,1-2H3,(H,37,41)/t32-/m1/s1. The summed E-state index contributed by atoms with van der Waals surface area (Å²) >= 11 is 6.89. The van der Waals surface area contributed by atoms with Crippen molar-refractivity contribution in [3.8, 4) is 0 Å². The van der Waals surface area contributed by atoms with Gasteiger partial charge < -0.3 is 10.2 Å². The van der Waals surface area contributed by atoms with Gasteiger partial charge in [-0.2, -0.15) is 0 Å². The number of carbonyl (C=O) groups is 2. The summed E-state index contributed by atoms with van der Waals surface area (Å²) in [4.78, 5) is 29.8. The van der Waals surface area contributed by atoms with Crippen LogP contribution in [0.4, 0.5) is 5.69 Å². The van der Waals surface area contributed by atoms with E-state index in [0.717, 1.165) is 19.9 Å². The summed E-state index contributed by atoms with van der Waals surface area (Å²) in [5.41, 5.74) is 2.01. The summed E-state index contributed by atoms with van der Waals surface area (Å²) in [7, 11) is -4.15. The van der Waals surface area contributed by atoms with Crippen molar-refractivity contribution in [3.63, 3.8) is 0 Å². The molecule has 0 bridgehead atoms. The summed E-state index contributed by atoms with van der Waals surface area (Å²) in [5, 5.41) is 3.00. The fraction of sp³-hybridized carbons (Fsp3) is 0.235. The lowest BCUT2D eigenvalue weighted by atomic mass is 10.0. The van der Waals surface area contributed by atoms with Crippen molar-refractivity contribution in [2.75, 3.05) is 17.4 Å². The average Bonchev–Trinajstić information content (AvgIpc) is 3.02. The third kappa shape index (κ3) is 9.03. The van der Waals surface area contributed by atoms with Crippen LogP contribution in [0.2, 0.25) is 0 Å². The van der Waals surface area contributed by atoms with E-state index in [1.165, 1.54) is 17.0 Å². The Labute approximate surface area is 276 Å². The highest BCUT2D eigenvalue weighted by molar-refractivity contribution is 9.10. The number of benzene rings is 4. The van der Waals surface area contributed by atoms with Crippen LogP contribution in [0, 0.1) is 5.92 Å². The molecule has 0 saturated heterocycles. The number of carbonyl (C=O) groups excluding carboxylic acids is 2. The van der Waals surface area contributed by atoms with E-state index in [9.17, 15) is 18.0 Å². The third-order valence-corrected chi connectivity index (χ3v) is 9.74. The molecule has 0 heterocycles. The quantitative estimate of drug-likeness (QED) is 0.163. The van der Waals surface area contributed by atoms with Crippen molar-refractivity contribution < 1.29 is 18.0 Å². The van der Waals surface area contributed by atoms with Gasteiger partial charge in [-0.25, -0.2) is 8.42 Å². The summed E-state index contributed by atoms with van der Waals surface area (Å²) in [6.45, 7) is 4.05. The van der Waals surface area contributed by atoms with Gasteiger partial charge in [-0.1, -0.05) is 112 Å². The third-order valence-electron chi connectivity index (χ3n) is 6.93. The number of anilines is 1. The van der Waals surface area contributed by atoms with Gasteiger partial charge in [0.2, 0.25) is 11.8 Å². The highest BCUT2D eigenvalue weighted by Gasteiger charge is 2.34. The molecule has 230 valence electrons. The van der Waals surface area contributed by atoms with Crippen molar-refractivity contribution in [1.29, 1.82) is 0 Å². The Morgan fingerprint density at radius 1 is 0.773 bits per heavy atom. The second-order valence-corrected chi connectivity index (χ2v) is 14.5. The Morgan fingerprint density at radius 2 is 1.41 bits per heavy atom. The first kappa shape index (κ1) is 33.4. The summed E-state index contributed by atoms with van der Waals surface area (Å²) in [6.07, 6.45) is 0.259. The second kappa shape index (κ2) is 15.5. The van der Waals surface area contributed by atoms with Crippen LogP contribution < -0.4 is 9.62 Å². The summed E-state index contributed by atoms with van der Waals surface area (Å²) in [5.74, 6) is -0.601. The lowest BCUT2D eigenvalue weighted by Crippen LogP contribution is -2.53. The SMILES string of the molecule is CC(C)CNC(=O)[C@@H](Cc1ccccc1)N(Cc1ccc(Br)cc1)C(=O)CN(c1cccc(Br)c1)S(=O)(=O)c1ccccc1. The molecule has 4 aromatic rings. The molecule has 0 spiro atoms. The number of hydrogen-bond donors (Lipinski definition) is 1. The number of rotatable bonds is 13. The molecule has 10 heteroatoms. The zero-order valence-corrected chi connectivity index (χ0v) is 28.6. The van der Waals surface area contributed by atoms with Crippen molar-refractivity contribution in [2.45, 2.75) is 37.8 Å².